The van der Waals surface area contributed by atoms with Crippen molar-refractivity contribution in [2.45, 2.75) is 6.42 Å². The van der Waals surface area contributed by atoms with Gasteiger partial charge in [0.05, 0.1) is 4.92 Å². The normalized spacial score (nSPS) is 10.1. The van der Waals surface area contributed by atoms with Gasteiger partial charge in [-0.25, -0.2) is 0 Å². The molecule has 0 atom stereocenters. The Bertz CT molecular complexity index is 641. The Morgan fingerprint density at radius 2 is 1.90 bits per heavy atom. The lowest BCUT2D eigenvalue weighted by atomic mass is 10.1. The fourth-order valence-electron chi connectivity index (χ4n) is 2.16. The number of nitro benzene ring substituents is 1. The molecule has 0 amide bonds. The van der Waals surface area contributed by atoms with Crippen molar-refractivity contribution in [3.63, 3.8) is 0 Å². The number of rotatable bonds is 6. The van der Waals surface area contributed by atoms with Crippen LogP contribution in [0.1, 0.15) is 15.9 Å². The third-order valence-corrected chi connectivity index (χ3v) is 3.34. The summed E-state index contributed by atoms with van der Waals surface area (Å²) in [5.74, 6) is 0. The second-order valence-electron chi connectivity index (χ2n) is 4.78. The van der Waals surface area contributed by atoms with E-state index in [-0.39, 0.29) is 5.69 Å². The number of nitro groups is 1. The molecule has 0 radical (unpaired) electrons. The first-order valence-electron chi connectivity index (χ1n) is 6.60. The van der Waals surface area contributed by atoms with Crippen LogP contribution in [0.15, 0.2) is 48.5 Å². The average molecular weight is 284 g/mol. The fourth-order valence-corrected chi connectivity index (χ4v) is 2.16. The molecule has 2 aromatic rings. The van der Waals surface area contributed by atoms with E-state index in [1.807, 2.05) is 42.3 Å². The molecule has 2 aromatic carbocycles. The second kappa shape index (κ2) is 6.65. The molecule has 0 aliphatic heterocycles. The van der Waals surface area contributed by atoms with Crippen LogP contribution in [-0.2, 0) is 6.42 Å². The van der Waals surface area contributed by atoms with E-state index < -0.39 is 4.92 Å². The number of benzene rings is 2. The summed E-state index contributed by atoms with van der Waals surface area (Å²) in [5, 5.41) is 10.7. The number of carbonyl (C=O) groups excluding carboxylic acids is 1. The number of non-ortho nitro benzene ring substituents is 1. The highest BCUT2D eigenvalue weighted by atomic mass is 16.6. The van der Waals surface area contributed by atoms with E-state index in [1.54, 1.807) is 6.07 Å². The Kier molecular flexibility index (Phi) is 4.66. The van der Waals surface area contributed by atoms with Crippen LogP contribution in [-0.4, -0.2) is 24.8 Å². The molecule has 5 heteroatoms. The van der Waals surface area contributed by atoms with Crippen LogP contribution in [0, 0.1) is 10.1 Å². The molecule has 0 unspecified atom stereocenters. The maximum absolute atomic E-state index is 11.1. The van der Waals surface area contributed by atoms with Crippen LogP contribution in [0.5, 0.6) is 0 Å². The van der Waals surface area contributed by atoms with Crippen molar-refractivity contribution < 1.29 is 9.72 Å². The number of nitrogens with zero attached hydrogens (tertiary/aromatic N) is 2. The molecule has 0 N–H and O–H groups in total. The first-order chi connectivity index (χ1) is 10.1. The number of hydrogen-bond donors (Lipinski definition) is 0. The predicted octanol–water partition coefficient (Wildman–Crippen LogP) is 3.09. The van der Waals surface area contributed by atoms with Gasteiger partial charge in [-0.1, -0.05) is 30.3 Å². The highest BCUT2D eigenvalue weighted by Gasteiger charge is 2.13. The smallest absolute Gasteiger partial charge is 0.270 e. The topological polar surface area (TPSA) is 63.4 Å². The van der Waals surface area contributed by atoms with E-state index in [1.165, 1.54) is 17.7 Å². The Morgan fingerprint density at radius 1 is 1.19 bits per heavy atom. The summed E-state index contributed by atoms with van der Waals surface area (Å²) in [7, 11) is 1.87. The summed E-state index contributed by atoms with van der Waals surface area (Å²) in [6, 6.07) is 14.4. The van der Waals surface area contributed by atoms with Crippen molar-refractivity contribution in [2.24, 2.45) is 0 Å². The zero-order chi connectivity index (χ0) is 15.2. The number of likely N-dealkylation sites (N-methyl/N-ethyl adjacent to an activating group) is 1. The molecule has 0 heterocycles. The minimum absolute atomic E-state index is 0.0719. The molecule has 5 nitrogen and oxygen atoms in total. The Labute approximate surface area is 123 Å². The van der Waals surface area contributed by atoms with Crippen LogP contribution in [0.3, 0.4) is 0 Å². The standard InChI is InChI=1S/C16H16N2O3/c1-17(10-9-13-5-3-2-4-6-13)16-8-7-15(18(20)21)11-14(16)12-19/h2-8,11-12H,9-10H2,1H3. The number of carbonyl (C=O) groups is 1. The van der Waals surface area contributed by atoms with Crippen molar-refractivity contribution >= 4 is 17.7 Å². The van der Waals surface area contributed by atoms with E-state index in [9.17, 15) is 14.9 Å². The van der Waals surface area contributed by atoms with Gasteiger partial charge in [0, 0.05) is 37.0 Å². The van der Waals surface area contributed by atoms with Gasteiger partial charge in [0.2, 0.25) is 0 Å². The first kappa shape index (κ1) is 14.7. The molecule has 0 aromatic heterocycles. The first-order valence-corrected chi connectivity index (χ1v) is 6.60. The van der Waals surface area contributed by atoms with Gasteiger partial charge in [-0.05, 0) is 18.1 Å². The van der Waals surface area contributed by atoms with E-state index in [4.69, 9.17) is 0 Å². The van der Waals surface area contributed by atoms with E-state index in [2.05, 4.69) is 0 Å². The van der Waals surface area contributed by atoms with Gasteiger partial charge in [0.1, 0.15) is 0 Å². The third-order valence-electron chi connectivity index (χ3n) is 3.34. The van der Waals surface area contributed by atoms with Crippen molar-refractivity contribution in [1.82, 2.24) is 0 Å². The molecular formula is C16H16N2O3. The monoisotopic (exact) mass is 284 g/mol. The lowest BCUT2D eigenvalue weighted by molar-refractivity contribution is -0.384. The molecule has 2 rings (SSSR count). The third kappa shape index (κ3) is 3.66. The lowest BCUT2D eigenvalue weighted by Gasteiger charge is -2.20. The Hall–Kier alpha value is -2.69. The molecule has 0 aliphatic carbocycles. The lowest BCUT2D eigenvalue weighted by Crippen LogP contribution is -2.21. The molecule has 108 valence electrons. The highest BCUT2D eigenvalue weighted by Crippen LogP contribution is 2.23. The molecule has 0 fully saturated rings. The summed E-state index contributed by atoms with van der Waals surface area (Å²) in [5.41, 5.74) is 2.17. The molecule has 0 spiro atoms. The van der Waals surface area contributed by atoms with E-state index in [0.29, 0.717) is 17.5 Å². The summed E-state index contributed by atoms with van der Waals surface area (Å²) in [6.45, 7) is 0.725. The van der Waals surface area contributed by atoms with Crippen molar-refractivity contribution in [3.8, 4) is 0 Å². The molecule has 0 bridgehead atoms. The van der Waals surface area contributed by atoms with Crippen LogP contribution in [0.25, 0.3) is 0 Å². The van der Waals surface area contributed by atoms with Crippen LogP contribution in [0.4, 0.5) is 11.4 Å². The maximum Gasteiger partial charge on any atom is 0.270 e. The van der Waals surface area contributed by atoms with Gasteiger partial charge in [0.15, 0.2) is 6.29 Å². The van der Waals surface area contributed by atoms with Gasteiger partial charge in [-0.15, -0.1) is 0 Å². The van der Waals surface area contributed by atoms with Crippen LogP contribution < -0.4 is 4.90 Å². The molecular weight excluding hydrogens is 268 g/mol. The van der Waals surface area contributed by atoms with Crippen molar-refractivity contribution in [3.05, 3.63) is 69.8 Å². The molecule has 0 saturated heterocycles. The maximum atomic E-state index is 11.1. The average Bonchev–Trinajstić information content (AvgIpc) is 2.52. The number of anilines is 1. The number of aldehydes is 1. The number of hydrogen-bond acceptors (Lipinski definition) is 4. The molecule has 21 heavy (non-hydrogen) atoms. The summed E-state index contributed by atoms with van der Waals surface area (Å²) in [6.07, 6.45) is 1.49. The summed E-state index contributed by atoms with van der Waals surface area (Å²) < 4.78 is 0. The van der Waals surface area contributed by atoms with Gasteiger partial charge in [-0.2, -0.15) is 0 Å². The van der Waals surface area contributed by atoms with Crippen LogP contribution >= 0.6 is 0 Å². The Balaban J connectivity index is 2.13. The second-order valence-corrected chi connectivity index (χ2v) is 4.78. The van der Waals surface area contributed by atoms with E-state index >= 15 is 0 Å². The summed E-state index contributed by atoms with van der Waals surface area (Å²) >= 11 is 0. The van der Waals surface area contributed by atoms with Crippen molar-refractivity contribution in [2.75, 3.05) is 18.5 Å². The highest BCUT2D eigenvalue weighted by molar-refractivity contribution is 5.85. The Morgan fingerprint density at radius 3 is 2.52 bits per heavy atom. The quantitative estimate of drug-likeness (QED) is 0.464. The van der Waals surface area contributed by atoms with Gasteiger partial charge >= 0.3 is 0 Å². The van der Waals surface area contributed by atoms with Gasteiger partial charge in [-0.3, -0.25) is 14.9 Å². The fraction of sp³-hybridized carbons (Fsp3) is 0.188. The minimum atomic E-state index is -0.499. The molecule has 0 aliphatic rings. The molecule has 0 saturated carbocycles. The van der Waals surface area contributed by atoms with Gasteiger partial charge in [0.25, 0.3) is 5.69 Å². The summed E-state index contributed by atoms with van der Waals surface area (Å²) in [4.78, 5) is 23.3. The largest absolute Gasteiger partial charge is 0.374 e. The predicted molar refractivity (Wildman–Crippen MR) is 81.9 cm³/mol. The SMILES string of the molecule is CN(CCc1ccccc1)c1ccc([N+](=O)[O-])cc1C=O. The zero-order valence-electron chi connectivity index (χ0n) is 11.7. The van der Waals surface area contributed by atoms with Crippen molar-refractivity contribution in [1.29, 1.82) is 0 Å². The van der Waals surface area contributed by atoms with E-state index in [0.717, 1.165) is 13.0 Å². The van der Waals surface area contributed by atoms with Crippen LogP contribution in [0.2, 0.25) is 0 Å². The zero-order valence-corrected chi connectivity index (χ0v) is 11.7. The minimum Gasteiger partial charge on any atom is -0.374 e. The van der Waals surface area contributed by atoms with Gasteiger partial charge < -0.3 is 4.90 Å².